The van der Waals surface area contributed by atoms with Crippen LogP contribution in [-0.4, -0.2) is 55.9 Å². The van der Waals surface area contributed by atoms with Gasteiger partial charge in [0, 0.05) is 25.2 Å². The number of ether oxygens (including phenoxy) is 1. The molecule has 1 aromatic carbocycles. The number of nitrogens with zero attached hydrogens (tertiary/aromatic N) is 3. The Labute approximate surface area is 128 Å². The van der Waals surface area contributed by atoms with Crippen LogP contribution in [0, 0.1) is 11.3 Å². The van der Waals surface area contributed by atoms with Crippen LogP contribution < -0.4 is 4.90 Å². The van der Waals surface area contributed by atoms with Crippen molar-refractivity contribution < 1.29 is 13.9 Å². The van der Waals surface area contributed by atoms with Gasteiger partial charge in [0.2, 0.25) is 5.91 Å². The first-order chi connectivity index (χ1) is 10.7. The van der Waals surface area contributed by atoms with Crippen LogP contribution in [-0.2, 0) is 9.53 Å². The van der Waals surface area contributed by atoms with Gasteiger partial charge in [0.05, 0.1) is 31.4 Å². The molecular weight excluding hydrogens is 285 g/mol. The number of halogens is 1. The lowest BCUT2D eigenvalue weighted by molar-refractivity contribution is -0.136. The number of hydrogen-bond acceptors (Lipinski definition) is 4. The molecule has 0 bridgehead atoms. The summed E-state index contributed by atoms with van der Waals surface area (Å²) < 4.78 is 19.2. The summed E-state index contributed by atoms with van der Waals surface area (Å²) >= 11 is 0. The fourth-order valence-corrected chi connectivity index (χ4v) is 3.03. The summed E-state index contributed by atoms with van der Waals surface area (Å²) in [7, 11) is 0. The Kier molecular flexibility index (Phi) is 4.25. The van der Waals surface area contributed by atoms with E-state index in [1.807, 2.05) is 4.90 Å². The molecule has 0 unspecified atom stereocenters. The molecule has 1 amide bonds. The number of carbonyl (C=O) groups excluding carboxylic acids is 1. The lowest BCUT2D eigenvalue weighted by atomic mass is 10.1. The highest BCUT2D eigenvalue weighted by Crippen LogP contribution is 2.29. The van der Waals surface area contributed by atoms with Gasteiger partial charge in [-0.2, -0.15) is 5.26 Å². The monoisotopic (exact) mass is 303 g/mol. The molecule has 5 nitrogen and oxygen atoms in total. The van der Waals surface area contributed by atoms with Crippen molar-refractivity contribution in [1.82, 2.24) is 4.90 Å². The maximum Gasteiger partial charge on any atom is 0.245 e. The molecular formula is C16H18FN3O2. The third-order valence-electron chi connectivity index (χ3n) is 4.19. The molecule has 2 aliphatic rings. The smallest absolute Gasteiger partial charge is 0.245 e. The zero-order valence-electron chi connectivity index (χ0n) is 12.2. The quantitative estimate of drug-likeness (QED) is 0.827. The molecule has 0 spiro atoms. The molecule has 22 heavy (non-hydrogen) atoms. The van der Waals surface area contributed by atoms with Gasteiger partial charge in [-0.1, -0.05) is 0 Å². The molecule has 0 saturated carbocycles. The Bertz CT molecular complexity index is 578. The zero-order valence-corrected chi connectivity index (χ0v) is 12.2. The van der Waals surface area contributed by atoms with Crippen molar-refractivity contribution in [3.63, 3.8) is 0 Å². The number of rotatable bonds is 2. The Balaban J connectivity index is 1.79. The molecule has 0 aromatic heterocycles. The van der Waals surface area contributed by atoms with Crippen LogP contribution in [0.15, 0.2) is 24.3 Å². The van der Waals surface area contributed by atoms with Crippen LogP contribution >= 0.6 is 0 Å². The maximum atomic E-state index is 13.9. The first-order valence-electron chi connectivity index (χ1n) is 7.46. The topological polar surface area (TPSA) is 56.6 Å². The second-order valence-corrected chi connectivity index (χ2v) is 5.60. The van der Waals surface area contributed by atoms with E-state index in [2.05, 4.69) is 6.07 Å². The molecule has 0 aliphatic carbocycles. The number of alkyl halides is 1. The normalized spacial score (nSPS) is 25.1. The molecule has 2 aliphatic heterocycles. The summed E-state index contributed by atoms with van der Waals surface area (Å²) in [5, 5.41) is 8.85. The van der Waals surface area contributed by atoms with E-state index in [9.17, 15) is 9.18 Å². The highest BCUT2D eigenvalue weighted by molar-refractivity contribution is 5.86. The molecule has 2 atom stereocenters. The summed E-state index contributed by atoms with van der Waals surface area (Å²) in [5.74, 6) is -0.0344. The number of anilines is 1. The van der Waals surface area contributed by atoms with Crippen molar-refractivity contribution >= 4 is 11.6 Å². The van der Waals surface area contributed by atoms with Crippen LogP contribution in [0.5, 0.6) is 0 Å². The van der Waals surface area contributed by atoms with E-state index in [1.165, 1.54) is 0 Å². The second kappa shape index (κ2) is 6.32. The third kappa shape index (κ3) is 2.90. The predicted molar refractivity (Wildman–Crippen MR) is 79.2 cm³/mol. The standard InChI is InChI=1S/C16H18FN3O2/c17-13-9-15(16(21)19-5-7-22-8-6-19)20(11-13)14-3-1-12(10-18)2-4-14/h1-4,13,15H,5-9,11H2/t13-,15+/m1/s1. The van der Waals surface area contributed by atoms with E-state index < -0.39 is 12.2 Å². The van der Waals surface area contributed by atoms with E-state index in [4.69, 9.17) is 10.00 Å². The van der Waals surface area contributed by atoms with Gasteiger partial charge in [0.1, 0.15) is 12.2 Å². The van der Waals surface area contributed by atoms with E-state index in [0.717, 1.165) is 5.69 Å². The largest absolute Gasteiger partial charge is 0.378 e. The van der Waals surface area contributed by atoms with Gasteiger partial charge in [0.15, 0.2) is 0 Å². The van der Waals surface area contributed by atoms with Gasteiger partial charge in [-0.05, 0) is 24.3 Å². The molecule has 3 rings (SSSR count). The molecule has 1 aromatic rings. The fraction of sp³-hybridized carbons (Fsp3) is 0.500. The molecule has 2 fully saturated rings. The molecule has 116 valence electrons. The van der Waals surface area contributed by atoms with Gasteiger partial charge in [0.25, 0.3) is 0 Å². The number of hydrogen-bond donors (Lipinski definition) is 0. The van der Waals surface area contributed by atoms with Gasteiger partial charge < -0.3 is 14.5 Å². The van der Waals surface area contributed by atoms with E-state index >= 15 is 0 Å². The van der Waals surface area contributed by atoms with Gasteiger partial charge in [-0.25, -0.2) is 4.39 Å². The van der Waals surface area contributed by atoms with Gasteiger partial charge in [-0.3, -0.25) is 4.79 Å². The SMILES string of the molecule is N#Cc1ccc(N2C[C@H](F)C[C@H]2C(=O)N2CCOCC2)cc1. The molecule has 2 saturated heterocycles. The lowest BCUT2D eigenvalue weighted by Crippen LogP contribution is -2.49. The molecule has 6 heteroatoms. The molecule has 0 N–H and O–H groups in total. The van der Waals surface area contributed by atoms with Crippen LogP contribution in [0.4, 0.5) is 10.1 Å². The van der Waals surface area contributed by atoms with E-state index in [0.29, 0.717) is 31.9 Å². The van der Waals surface area contributed by atoms with Crippen LogP contribution in [0.2, 0.25) is 0 Å². The Morgan fingerprint density at radius 3 is 2.59 bits per heavy atom. The maximum absolute atomic E-state index is 13.9. The highest BCUT2D eigenvalue weighted by Gasteiger charge is 2.39. The summed E-state index contributed by atoms with van der Waals surface area (Å²) in [6.45, 7) is 2.41. The fourth-order valence-electron chi connectivity index (χ4n) is 3.03. The summed E-state index contributed by atoms with van der Waals surface area (Å²) in [4.78, 5) is 16.2. The van der Waals surface area contributed by atoms with Gasteiger partial charge in [-0.15, -0.1) is 0 Å². The average Bonchev–Trinajstić information content (AvgIpc) is 2.97. The first-order valence-corrected chi connectivity index (χ1v) is 7.46. The predicted octanol–water partition coefficient (Wildman–Crippen LogP) is 1.33. The van der Waals surface area contributed by atoms with E-state index in [-0.39, 0.29) is 18.9 Å². The van der Waals surface area contributed by atoms with Crippen molar-refractivity contribution in [2.75, 3.05) is 37.7 Å². The van der Waals surface area contributed by atoms with Crippen LogP contribution in [0.25, 0.3) is 0 Å². The Hall–Kier alpha value is -2.13. The third-order valence-corrected chi connectivity index (χ3v) is 4.19. The number of morpholine rings is 1. The van der Waals surface area contributed by atoms with Gasteiger partial charge >= 0.3 is 0 Å². The van der Waals surface area contributed by atoms with Crippen LogP contribution in [0.1, 0.15) is 12.0 Å². The minimum atomic E-state index is -1.01. The number of amides is 1. The highest BCUT2D eigenvalue weighted by atomic mass is 19.1. The molecule has 2 heterocycles. The number of benzene rings is 1. The van der Waals surface area contributed by atoms with Crippen molar-refractivity contribution in [3.05, 3.63) is 29.8 Å². The second-order valence-electron chi connectivity index (χ2n) is 5.60. The first kappa shape index (κ1) is 14.8. The van der Waals surface area contributed by atoms with Crippen molar-refractivity contribution in [2.24, 2.45) is 0 Å². The molecule has 0 radical (unpaired) electrons. The van der Waals surface area contributed by atoms with Crippen molar-refractivity contribution in [2.45, 2.75) is 18.6 Å². The van der Waals surface area contributed by atoms with E-state index in [1.54, 1.807) is 29.2 Å². The lowest BCUT2D eigenvalue weighted by Gasteiger charge is -2.33. The number of carbonyl (C=O) groups is 1. The minimum absolute atomic E-state index is 0.0344. The Morgan fingerprint density at radius 1 is 1.27 bits per heavy atom. The average molecular weight is 303 g/mol. The Morgan fingerprint density at radius 2 is 1.95 bits per heavy atom. The van der Waals surface area contributed by atoms with Crippen molar-refractivity contribution in [3.8, 4) is 6.07 Å². The summed E-state index contributed by atoms with van der Waals surface area (Å²) in [5.41, 5.74) is 1.33. The minimum Gasteiger partial charge on any atom is -0.378 e. The van der Waals surface area contributed by atoms with Crippen LogP contribution in [0.3, 0.4) is 0 Å². The summed E-state index contributed by atoms with van der Waals surface area (Å²) in [6, 6.07) is 8.52. The summed E-state index contributed by atoms with van der Waals surface area (Å²) in [6.07, 6.45) is -0.790. The zero-order chi connectivity index (χ0) is 15.5. The number of nitriles is 1. The van der Waals surface area contributed by atoms with Crippen molar-refractivity contribution in [1.29, 1.82) is 5.26 Å².